The number of likely N-dealkylation sites (N-methyl/N-ethyl adjacent to an activating group) is 1. The van der Waals surface area contributed by atoms with Crippen molar-refractivity contribution in [1.29, 1.82) is 0 Å². The first-order chi connectivity index (χ1) is 10.5. The Morgan fingerprint density at radius 1 is 1.32 bits per heavy atom. The van der Waals surface area contributed by atoms with Gasteiger partial charge >= 0.3 is 0 Å². The van der Waals surface area contributed by atoms with Gasteiger partial charge in [-0.3, -0.25) is 14.4 Å². The van der Waals surface area contributed by atoms with Crippen molar-refractivity contribution in [3.05, 3.63) is 17.0 Å². The van der Waals surface area contributed by atoms with Gasteiger partial charge in [0.1, 0.15) is 0 Å². The van der Waals surface area contributed by atoms with Crippen LogP contribution < -0.4 is 5.32 Å². The zero-order valence-electron chi connectivity index (χ0n) is 14.5. The molecule has 0 bridgehead atoms. The van der Waals surface area contributed by atoms with Crippen molar-refractivity contribution < 1.29 is 4.79 Å². The van der Waals surface area contributed by atoms with Crippen molar-refractivity contribution >= 4 is 5.91 Å². The van der Waals surface area contributed by atoms with E-state index >= 15 is 0 Å². The highest BCUT2D eigenvalue weighted by Gasteiger charge is 2.24. The molecule has 2 rings (SSSR count). The topological polar surface area (TPSA) is 50.2 Å². The number of amides is 1. The van der Waals surface area contributed by atoms with Gasteiger partial charge in [-0.05, 0) is 59.2 Å². The fourth-order valence-corrected chi connectivity index (χ4v) is 3.42. The van der Waals surface area contributed by atoms with Crippen LogP contribution in [0.3, 0.4) is 0 Å². The van der Waals surface area contributed by atoms with Gasteiger partial charge in [-0.25, -0.2) is 0 Å². The molecule has 0 unspecified atom stereocenters. The fourth-order valence-electron chi connectivity index (χ4n) is 3.42. The molecule has 1 atom stereocenters. The third kappa shape index (κ3) is 3.88. The minimum Gasteiger partial charge on any atom is -0.354 e. The number of likely N-dealkylation sites (tertiary alicyclic amines) is 1. The molecule has 0 saturated carbocycles. The average molecular weight is 306 g/mol. The van der Waals surface area contributed by atoms with E-state index in [4.69, 9.17) is 0 Å². The Labute approximate surface area is 134 Å². The van der Waals surface area contributed by atoms with Gasteiger partial charge in [0.25, 0.3) is 0 Å². The molecule has 22 heavy (non-hydrogen) atoms. The lowest BCUT2D eigenvalue weighted by Crippen LogP contribution is -2.45. The van der Waals surface area contributed by atoms with E-state index in [9.17, 15) is 4.79 Å². The van der Waals surface area contributed by atoms with Crippen molar-refractivity contribution in [3.8, 4) is 0 Å². The molecule has 0 aromatic carbocycles. The van der Waals surface area contributed by atoms with Gasteiger partial charge in [-0.2, -0.15) is 5.10 Å². The molecular formula is C17H30N4O. The van der Waals surface area contributed by atoms with Crippen LogP contribution in [-0.4, -0.2) is 46.8 Å². The highest BCUT2D eigenvalue weighted by molar-refractivity contribution is 5.81. The molecule has 1 aliphatic heterocycles. The van der Waals surface area contributed by atoms with E-state index in [1.54, 1.807) is 0 Å². The van der Waals surface area contributed by atoms with Gasteiger partial charge in [0, 0.05) is 18.8 Å². The summed E-state index contributed by atoms with van der Waals surface area (Å²) in [5.41, 5.74) is 3.58. The molecule has 1 aromatic heterocycles. The molecule has 1 saturated heterocycles. The Kier molecular flexibility index (Phi) is 6.00. The normalized spacial score (nSPS) is 19.9. The van der Waals surface area contributed by atoms with Crippen LogP contribution in [0.1, 0.15) is 49.6 Å². The van der Waals surface area contributed by atoms with Crippen LogP contribution in [0.5, 0.6) is 0 Å². The van der Waals surface area contributed by atoms with E-state index in [1.807, 2.05) is 4.68 Å². The second-order valence-corrected chi connectivity index (χ2v) is 6.35. The predicted octanol–water partition coefficient (Wildman–Crippen LogP) is 2.05. The lowest BCUT2D eigenvalue weighted by atomic mass is 10.1. The number of rotatable bonds is 5. The van der Waals surface area contributed by atoms with Gasteiger partial charge < -0.3 is 5.32 Å². The van der Waals surface area contributed by atoms with Crippen LogP contribution >= 0.6 is 0 Å². The van der Waals surface area contributed by atoms with Crippen molar-refractivity contribution in [3.63, 3.8) is 0 Å². The molecule has 0 spiro atoms. The van der Waals surface area contributed by atoms with E-state index in [2.05, 4.69) is 43.1 Å². The number of hydrogen-bond donors (Lipinski definition) is 1. The maximum atomic E-state index is 12.4. The van der Waals surface area contributed by atoms with E-state index in [0.717, 1.165) is 38.0 Å². The zero-order valence-corrected chi connectivity index (χ0v) is 14.5. The third-order valence-corrected chi connectivity index (χ3v) is 4.83. The summed E-state index contributed by atoms with van der Waals surface area (Å²) in [5.74, 6) is 0.183. The molecule has 1 fully saturated rings. The van der Waals surface area contributed by atoms with Crippen molar-refractivity contribution in [1.82, 2.24) is 20.0 Å². The first-order valence-corrected chi connectivity index (χ1v) is 8.55. The molecule has 124 valence electrons. The van der Waals surface area contributed by atoms with Crippen LogP contribution in [0.25, 0.3) is 0 Å². The number of carbonyl (C=O) groups is 1. The summed E-state index contributed by atoms with van der Waals surface area (Å²) in [7, 11) is 2.06. The summed E-state index contributed by atoms with van der Waals surface area (Å²) >= 11 is 0. The fraction of sp³-hybridized carbons (Fsp3) is 0.765. The van der Waals surface area contributed by atoms with E-state index in [0.29, 0.717) is 6.54 Å². The highest BCUT2D eigenvalue weighted by Crippen LogP contribution is 2.16. The first-order valence-electron chi connectivity index (χ1n) is 8.55. The van der Waals surface area contributed by atoms with Gasteiger partial charge in [-0.15, -0.1) is 0 Å². The SMILES string of the molecule is CCn1nc(C)c(CCNC(=O)[C@@H]2CCCCCN2C)c1C. The summed E-state index contributed by atoms with van der Waals surface area (Å²) in [4.78, 5) is 14.6. The van der Waals surface area contributed by atoms with E-state index in [-0.39, 0.29) is 11.9 Å². The Hall–Kier alpha value is -1.36. The summed E-state index contributed by atoms with van der Waals surface area (Å²) in [5, 5.41) is 7.66. The lowest BCUT2D eigenvalue weighted by molar-refractivity contribution is -0.126. The lowest BCUT2D eigenvalue weighted by Gasteiger charge is -2.24. The molecule has 1 aromatic rings. The molecule has 0 aliphatic carbocycles. The van der Waals surface area contributed by atoms with E-state index < -0.39 is 0 Å². The van der Waals surface area contributed by atoms with Crippen LogP contribution in [0.4, 0.5) is 0 Å². The Morgan fingerprint density at radius 3 is 2.77 bits per heavy atom. The molecule has 1 N–H and O–H groups in total. The van der Waals surface area contributed by atoms with Crippen molar-refractivity contribution in [2.75, 3.05) is 20.1 Å². The Morgan fingerprint density at radius 2 is 2.09 bits per heavy atom. The molecule has 0 radical (unpaired) electrons. The Balaban J connectivity index is 1.88. The number of nitrogens with zero attached hydrogens (tertiary/aromatic N) is 3. The van der Waals surface area contributed by atoms with Crippen LogP contribution in [-0.2, 0) is 17.8 Å². The van der Waals surface area contributed by atoms with Gasteiger partial charge in [0.15, 0.2) is 0 Å². The maximum absolute atomic E-state index is 12.4. The summed E-state index contributed by atoms with van der Waals surface area (Å²) in [6.45, 7) is 8.88. The van der Waals surface area contributed by atoms with Crippen molar-refractivity contribution in [2.24, 2.45) is 0 Å². The molecule has 2 heterocycles. The highest BCUT2D eigenvalue weighted by atomic mass is 16.2. The first kappa shape index (κ1) is 17.0. The smallest absolute Gasteiger partial charge is 0.237 e. The largest absolute Gasteiger partial charge is 0.354 e. The molecule has 1 aliphatic rings. The van der Waals surface area contributed by atoms with Crippen LogP contribution in [0.15, 0.2) is 0 Å². The second-order valence-electron chi connectivity index (χ2n) is 6.35. The van der Waals surface area contributed by atoms with Gasteiger partial charge in [0.2, 0.25) is 5.91 Å². The summed E-state index contributed by atoms with van der Waals surface area (Å²) in [6, 6.07) is 0.0445. The minimum absolute atomic E-state index is 0.0445. The standard InChI is InChI=1S/C17H30N4O/c1-5-21-14(3)15(13(2)19-21)10-11-18-17(22)16-9-7-6-8-12-20(16)4/h16H,5-12H2,1-4H3,(H,18,22)/t16-/m0/s1. The maximum Gasteiger partial charge on any atom is 0.237 e. The van der Waals surface area contributed by atoms with E-state index in [1.165, 1.54) is 24.1 Å². The predicted molar refractivity (Wildman–Crippen MR) is 89.0 cm³/mol. The number of aryl methyl sites for hydroxylation is 2. The summed E-state index contributed by atoms with van der Waals surface area (Å²) < 4.78 is 2.03. The quantitative estimate of drug-likeness (QED) is 0.906. The van der Waals surface area contributed by atoms with Crippen molar-refractivity contribution in [2.45, 2.75) is 65.5 Å². The number of hydrogen-bond acceptors (Lipinski definition) is 3. The molecule has 5 nitrogen and oxygen atoms in total. The third-order valence-electron chi connectivity index (χ3n) is 4.83. The van der Waals surface area contributed by atoms with Crippen LogP contribution in [0, 0.1) is 13.8 Å². The van der Waals surface area contributed by atoms with Gasteiger partial charge in [-0.1, -0.05) is 12.8 Å². The molecular weight excluding hydrogens is 276 g/mol. The second kappa shape index (κ2) is 7.77. The number of carbonyl (C=O) groups excluding carboxylic acids is 1. The minimum atomic E-state index is 0.0445. The van der Waals surface area contributed by atoms with Gasteiger partial charge in [0.05, 0.1) is 11.7 Å². The number of aromatic nitrogens is 2. The number of nitrogens with one attached hydrogen (secondary N) is 1. The average Bonchev–Trinajstić information content (AvgIpc) is 2.66. The molecule has 1 amide bonds. The summed E-state index contributed by atoms with van der Waals surface area (Å²) in [6.07, 6.45) is 5.44. The Bertz CT molecular complexity index is 509. The van der Waals surface area contributed by atoms with Crippen LogP contribution in [0.2, 0.25) is 0 Å². The zero-order chi connectivity index (χ0) is 16.1. The monoisotopic (exact) mass is 306 g/mol. The molecule has 5 heteroatoms.